The van der Waals surface area contributed by atoms with Gasteiger partial charge in [-0.25, -0.2) is 0 Å². The molecule has 1 aromatic carbocycles. The van der Waals surface area contributed by atoms with E-state index in [0.29, 0.717) is 10.0 Å². The second-order valence-electron chi connectivity index (χ2n) is 3.74. The smallest absolute Gasteiger partial charge is 0.0990 e. The number of hydrogen-bond acceptors (Lipinski definition) is 2. The van der Waals surface area contributed by atoms with Crippen molar-refractivity contribution in [2.45, 2.75) is 25.0 Å². The van der Waals surface area contributed by atoms with Gasteiger partial charge in [-0.3, -0.25) is 0 Å². The van der Waals surface area contributed by atoms with E-state index in [1.165, 1.54) is 0 Å². The monoisotopic (exact) mass is 245 g/mol. The Hall–Kier alpha value is -0.280. The molecule has 2 N–H and O–H groups in total. The molecular weight excluding hydrogens is 233 g/mol. The largest absolute Gasteiger partial charge is 0.372 e. The molecule has 2 atom stereocenters. The fourth-order valence-electron chi connectivity index (χ4n) is 1.86. The summed E-state index contributed by atoms with van der Waals surface area (Å²) in [6, 6.07) is 5.56. The maximum absolute atomic E-state index is 6.12. The van der Waals surface area contributed by atoms with Crippen molar-refractivity contribution in [1.82, 2.24) is 0 Å². The molecule has 1 aliphatic heterocycles. The number of ether oxygens (including phenoxy) is 1. The average Bonchev–Trinajstić information content (AvgIpc) is 2.23. The molecule has 2 unspecified atom stereocenters. The van der Waals surface area contributed by atoms with Crippen LogP contribution in [0.3, 0.4) is 0 Å². The summed E-state index contributed by atoms with van der Waals surface area (Å²) in [4.78, 5) is 0. The van der Waals surface area contributed by atoms with Gasteiger partial charge in [-0.2, -0.15) is 0 Å². The first-order chi connectivity index (χ1) is 7.20. The Labute approximate surface area is 99.3 Å². The lowest BCUT2D eigenvalue weighted by atomic mass is 9.97. The molecule has 2 nitrogen and oxygen atoms in total. The van der Waals surface area contributed by atoms with Crippen LogP contribution < -0.4 is 5.73 Å². The third-order valence-corrected chi connectivity index (χ3v) is 3.49. The Kier molecular flexibility index (Phi) is 3.52. The first-order valence-electron chi connectivity index (χ1n) is 5.01. The van der Waals surface area contributed by atoms with E-state index in [0.717, 1.165) is 25.0 Å². The van der Waals surface area contributed by atoms with E-state index in [4.69, 9.17) is 33.7 Å². The minimum absolute atomic E-state index is 0.00900. The van der Waals surface area contributed by atoms with Gasteiger partial charge in [-0.15, -0.1) is 0 Å². The highest BCUT2D eigenvalue weighted by atomic mass is 35.5. The molecule has 1 aromatic rings. The number of halogens is 2. The highest BCUT2D eigenvalue weighted by molar-refractivity contribution is 6.42. The van der Waals surface area contributed by atoms with E-state index in [1.807, 2.05) is 12.1 Å². The lowest BCUT2D eigenvalue weighted by Crippen LogP contribution is -2.34. The molecule has 1 saturated heterocycles. The maximum Gasteiger partial charge on any atom is 0.0990 e. The number of benzene rings is 1. The van der Waals surface area contributed by atoms with Crippen molar-refractivity contribution >= 4 is 23.2 Å². The van der Waals surface area contributed by atoms with E-state index >= 15 is 0 Å². The molecule has 4 heteroatoms. The summed E-state index contributed by atoms with van der Waals surface area (Å²) in [6.45, 7) is 0.737. The van der Waals surface area contributed by atoms with Gasteiger partial charge in [0.15, 0.2) is 0 Å². The lowest BCUT2D eigenvalue weighted by Gasteiger charge is -2.30. The van der Waals surface area contributed by atoms with Crippen LogP contribution in [0.5, 0.6) is 0 Å². The molecule has 0 aromatic heterocycles. The molecule has 82 valence electrons. The normalized spacial score (nSPS) is 26.6. The summed E-state index contributed by atoms with van der Waals surface area (Å²) < 4.78 is 5.64. The van der Waals surface area contributed by atoms with E-state index in [9.17, 15) is 0 Å². The Morgan fingerprint density at radius 3 is 2.87 bits per heavy atom. The van der Waals surface area contributed by atoms with Gasteiger partial charge in [0.2, 0.25) is 0 Å². The quantitative estimate of drug-likeness (QED) is 0.825. The van der Waals surface area contributed by atoms with Crippen LogP contribution in [0.15, 0.2) is 18.2 Å². The second kappa shape index (κ2) is 4.71. The van der Waals surface area contributed by atoms with E-state index in [1.54, 1.807) is 6.07 Å². The number of rotatable bonds is 1. The van der Waals surface area contributed by atoms with Crippen molar-refractivity contribution < 1.29 is 4.74 Å². The van der Waals surface area contributed by atoms with Gasteiger partial charge in [-0.1, -0.05) is 35.3 Å². The molecule has 1 heterocycles. The van der Waals surface area contributed by atoms with E-state index in [2.05, 4.69) is 0 Å². The van der Waals surface area contributed by atoms with Gasteiger partial charge in [0.05, 0.1) is 16.1 Å². The van der Waals surface area contributed by atoms with Crippen molar-refractivity contribution in [2.75, 3.05) is 6.61 Å². The first-order valence-corrected chi connectivity index (χ1v) is 5.77. The van der Waals surface area contributed by atoms with Gasteiger partial charge in [0.25, 0.3) is 0 Å². The molecule has 15 heavy (non-hydrogen) atoms. The summed E-state index contributed by atoms with van der Waals surface area (Å²) in [6.07, 6.45) is 1.86. The molecular formula is C11H13Cl2NO. The van der Waals surface area contributed by atoms with Crippen molar-refractivity contribution in [3.05, 3.63) is 33.8 Å². The van der Waals surface area contributed by atoms with Gasteiger partial charge in [0, 0.05) is 18.2 Å². The van der Waals surface area contributed by atoms with Gasteiger partial charge >= 0.3 is 0 Å². The van der Waals surface area contributed by atoms with Crippen LogP contribution in [0.4, 0.5) is 0 Å². The van der Waals surface area contributed by atoms with Crippen LogP contribution in [-0.2, 0) is 4.74 Å². The number of hydrogen-bond donors (Lipinski definition) is 1. The molecule has 0 spiro atoms. The molecule has 1 fully saturated rings. The van der Waals surface area contributed by atoms with Crippen molar-refractivity contribution in [1.29, 1.82) is 0 Å². The third-order valence-electron chi connectivity index (χ3n) is 2.66. The predicted molar refractivity (Wildman–Crippen MR) is 62.4 cm³/mol. The zero-order valence-electron chi connectivity index (χ0n) is 8.25. The number of nitrogens with two attached hydrogens (primary N) is 1. The third kappa shape index (κ3) is 2.28. The van der Waals surface area contributed by atoms with Crippen LogP contribution in [-0.4, -0.2) is 12.6 Å². The topological polar surface area (TPSA) is 35.2 Å². The zero-order chi connectivity index (χ0) is 10.8. The minimum atomic E-state index is -0.120. The molecule has 0 amide bonds. The summed E-state index contributed by atoms with van der Waals surface area (Å²) in [5, 5.41) is 1.11. The minimum Gasteiger partial charge on any atom is -0.372 e. The standard InChI is InChI=1S/C11H13Cl2NO/c12-8-4-1-3-7(10(8)13)11-9(14)5-2-6-15-11/h1,3-4,9,11H,2,5-6,14H2. The van der Waals surface area contributed by atoms with Gasteiger partial charge in [-0.05, 0) is 18.9 Å². The Morgan fingerprint density at radius 1 is 1.33 bits per heavy atom. The highest BCUT2D eigenvalue weighted by Crippen LogP contribution is 2.35. The van der Waals surface area contributed by atoms with Crippen LogP contribution in [0, 0.1) is 0 Å². The van der Waals surface area contributed by atoms with Crippen molar-refractivity contribution in [3.63, 3.8) is 0 Å². The molecule has 0 radical (unpaired) electrons. The molecule has 0 saturated carbocycles. The van der Waals surface area contributed by atoms with Crippen molar-refractivity contribution in [3.8, 4) is 0 Å². The first kappa shape index (κ1) is 11.2. The van der Waals surface area contributed by atoms with Crippen LogP contribution in [0.25, 0.3) is 0 Å². The van der Waals surface area contributed by atoms with Crippen LogP contribution in [0.2, 0.25) is 10.0 Å². The summed E-state index contributed by atoms with van der Waals surface area (Å²) in [7, 11) is 0. The Morgan fingerprint density at radius 2 is 2.13 bits per heavy atom. The van der Waals surface area contributed by atoms with Crippen molar-refractivity contribution in [2.24, 2.45) is 5.73 Å². The summed E-state index contributed by atoms with van der Waals surface area (Å²) in [5.74, 6) is 0. The predicted octanol–water partition coefficient (Wildman–Crippen LogP) is 3.17. The fourth-order valence-corrected chi connectivity index (χ4v) is 2.28. The molecule has 0 aliphatic carbocycles. The van der Waals surface area contributed by atoms with Crippen LogP contribution in [0.1, 0.15) is 24.5 Å². The summed E-state index contributed by atoms with van der Waals surface area (Å²) >= 11 is 12.1. The van der Waals surface area contributed by atoms with Gasteiger partial charge < -0.3 is 10.5 Å². The molecule has 0 bridgehead atoms. The Bertz CT molecular complexity index is 356. The highest BCUT2D eigenvalue weighted by Gasteiger charge is 2.26. The fraction of sp³-hybridized carbons (Fsp3) is 0.455. The zero-order valence-corrected chi connectivity index (χ0v) is 9.76. The second-order valence-corrected chi connectivity index (χ2v) is 4.53. The molecule has 2 rings (SSSR count). The van der Waals surface area contributed by atoms with Crippen LogP contribution >= 0.6 is 23.2 Å². The van der Waals surface area contributed by atoms with E-state index in [-0.39, 0.29) is 12.1 Å². The van der Waals surface area contributed by atoms with E-state index < -0.39 is 0 Å². The lowest BCUT2D eigenvalue weighted by molar-refractivity contribution is 0.000212. The molecule has 1 aliphatic rings. The average molecular weight is 246 g/mol. The van der Waals surface area contributed by atoms with Gasteiger partial charge in [0.1, 0.15) is 0 Å². The maximum atomic E-state index is 6.12. The Balaban J connectivity index is 2.31. The summed E-state index contributed by atoms with van der Waals surface area (Å²) in [5.41, 5.74) is 6.90. The SMILES string of the molecule is NC1CCCOC1c1cccc(Cl)c1Cl.